The third-order valence-electron chi connectivity index (χ3n) is 3.15. The molecule has 0 atom stereocenters. The van der Waals surface area contributed by atoms with Crippen LogP contribution in [-0.2, 0) is 4.74 Å². The molecule has 0 radical (unpaired) electrons. The van der Waals surface area contributed by atoms with Crippen LogP contribution in [0.4, 0.5) is 0 Å². The van der Waals surface area contributed by atoms with Gasteiger partial charge in [0.2, 0.25) is 0 Å². The van der Waals surface area contributed by atoms with Gasteiger partial charge in [-0.05, 0) is 12.1 Å². The van der Waals surface area contributed by atoms with E-state index in [1.807, 2.05) is 0 Å². The van der Waals surface area contributed by atoms with Gasteiger partial charge in [0.1, 0.15) is 12.9 Å². The summed E-state index contributed by atoms with van der Waals surface area (Å²) in [5.41, 5.74) is 0.465. The van der Waals surface area contributed by atoms with Crippen molar-refractivity contribution in [1.82, 2.24) is 4.90 Å². The highest BCUT2D eigenvalue weighted by Crippen LogP contribution is 2.35. The maximum Gasteiger partial charge on any atom is 0.179 e. The average molecular weight is 300 g/mol. The maximum atomic E-state index is 10.8. The summed E-state index contributed by atoms with van der Waals surface area (Å²) in [7, 11) is 1.52. The van der Waals surface area contributed by atoms with Crippen LogP contribution in [0.3, 0.4) is 0 Å². The Labute approximate surface area is 123 Å². The third-order valence-corrected chi connectivity index (χ3v) is 3.43. The van der Waals surface area contributed by atoms with Gasteiger partial charge in [-0.1, -0.05) is 11.6 Å². The molecule has 1 aliphatic rings. The zero-order chi connectivity index (χ0) is 14.4. The first-order valence-corrected chi connectivity index (χ1v) is 6.88. The molecule has 0 aliphatic carbocycles. The fourth-order valence-corrected chi connectivity index (χ4v) is 2.32. The molecule has 0 amide bonds. The van der Waals surface area contributed by atoms with Crippen molar-refractivity contribution in [3.8, 4) is 11.5 Å². The summed E-state index contributed by atoms with van der Waals surface area (Å²) in [6.07, 6.45) is 0.728. The number of hydrogen-bond donors (Lipinski definition) is 0. The number of halogens is 1. The van der Waals surface area contributed by atoms with Gasteiger partial charge in [0.15, 0.2) is 11.5 Å². The SMILES string of the molecule is COc1cc(C=O)cc(Cl)c1OCCN1CCOCC1. The fraction of sp³-hybridized carbons (Fsp3) is 0.500. The van der Waals surface area contributed by atoms with Crippen LogP contribution >= 0.6 is 11.6 Å². The molecule has 1 saturated heterocycles. The zero-order valence-corrected chi connectivity index (χ0v) is 12.2. The van der Waals surface area contributed by atoms with E-state index in [0.29, 0.717) is 28.7 Å². The van der Waals surface area contributed by atoms with Crippen LogP contribution in [-0.4, -0.2) is 57.8 Å². The van der Waals surface area contributed by atoms with E-state index in [4.69, 9.17) is 25.8 Å². The van der Waals surface area contributed by atoms with Gasteiger partial charge < -0.3 is 14.2 Å². The van der Waals surface area contributed by atoms with Crippen LogP contribution in [0, 0.1) is 0 Å². The minimum absolute atomic E-state index is 0.383. The van der Waals surface area contributed by atoms with Gasteiger partial charge in [0.25, 0.3) is 0 Å². The van der Waals surface area contributed by atoms with Crippen LogP contribution in [0.15, 0.2) is 12.1 Å². The molecule has 6 heteroatoms. The molecule has 1 aromatic rings. The number of morpholine rings is 1. The molecule has 110 valence electrons. The molecule has 1 aromatic carbocycles. The lowest BCUT2D eigenvalue weighted by Gasteiger charge is -2.26. The van der Waals surface area contributed by atoms with Crippen LogP contribution in [0.5, 0.6) is 11.5 Å². The molecule has 0 aromatic heterocycles. The number of nitrogens with zero attached hydrogens (tertiary/aromatic N) is 1. The summed E-state index contributed by atoms with van der Waals surface area (Å²) in [5, 5.41) is 0.383. The third kappa shape index (κ3) is 3.85. The van der Waals surface area contributed by atoms with E-state index < -0.39 is 0 Å². The van der Waals surface area contributed by atoms with Gasteiger partial charge in [-0.25, -0.2) is 0 Å². The smallest absolute Gasteiger partial charge is 0.179 e. The molecule has 0 spiro atoms. The van der Waals surface area contributed by atoms with E-state index in [2.05, 4.69) is 4.90 Å². The van der Waals surface area contributed by atoms with Crippen LogP contribution in [0.1, 0.15) is 10.4 Å². The second-order valence-electron chi connectivity index (χ2n) is 4.45. The van der Waals surface area contributed by atoms with Crippen molar-refractivity contribution in [2.75, 3.05) is 46.6 Å². The highest BCUT2D eigenvalue weighted by molar-refractivity contribution is 6.32. The topological polar surface area (TPSA) is 48.0 Å². The fourth-order valence-electron chi connectivity index (χ4n) is 2.05. The molecule has 1 aliphatic heterocycles. The van der Waals surface area contributed by atoms with Crippen molar-refractivity contribution in [3.63, 3.8) is 0 Å². The molecule has 5 nitrogen and oxygen atoms in total. The second-order valence-corrected chi connectivity index (χ2v) is 4.86. The Kier molecular flexibility index (Phi) is 5.64. The van der Waals surface area contributed by atoms with Crippen LogP contribution in [0.2, 0.25) is 5.02 Å². The van der Waals surface area contributed by atoms with Crippen LogP contribution in [0.25, 0.3) is 0 Å². The second kappa shape index (κ2) is 7.47. The largest absolute Gasteiger partial charge is 0.493 e. The van der Waals surface area contributed by atoms with Gasteiger partial charge in [-0.15, -0.1) is 0 Å². The van der Waals surface area contributed by atoms with E-state index >= 15 is 0 Å². The number of methoxy groups -OCH3 is 1. The first-order chi connectivity index (χ1) is 9.74. The highest BCUT2D eigenvalue weighted by Gasteiger charge is 2.14. The summed E-state index contributed by atoms with van der Waals surface area (Å²) < 4.78 is 16.2. The number of carbonyl (C=O) groups excluding carboxylic acids is 1. The van der Waals surface area contributed by atoms with Gasteiger partial charge in [-0.2, -0.15) is 0 Å². The number of ether oxygens (including phenoxy) is 3. The molecule has 20 heavy (non-hydrogen) atoms. The Morgan fingerprint density at radius 1 is 1.40 bits per heavy atom. The maximum absolute atomic E-state index is 10.8. The number of benzene rings is 1. The molecule has 1 fully saturated rings. The molecule has 1 heterocycles. The van der Waals surface area contributed by atoms with Crippen molar-refractivity contribution in [2.45, 2.75) is 0 Å². The summed E-state index contributed by atoms with van der Waals surface area (Å²) >= 11 is 6.12. The summed E-state index contributed by atoms with van der Waals surface area (Å²) in [5.74, 6) is 0.953. The highest BCUT2D eigenvalue weighted by atomic mass is 35.5. The van der Waals surface area contributed by atoms with Crippen molar-refractivity contribution >= 4 is 17.9 Å². The Morgan fingerprint density at radius 2 is 2.15 bits per heavy atom. The van der Waals surface area contributed by atoms with Crippen molar-refractivity contribution in [3.05, 3.63) is 22.7 Å². The monoisotopic (exact) mass is 299 g/mol. The molecule has 2 rings (SSSR count). The predicted octanol–water partition coefficient (Wildman–Crippen LogP) is 1.87. The van der Waals surface area contributed by atoms with Crippen molar-refractivity contribution in [1.29, 1.82) is 0 Å². The average Bonchev–Trinajstić information content (AvgIpc) is 2.49. The Morgan fingerprint density at radius 3 is 2.80 bits per heavy atom. The number of rotatable bonds is 6. The Hall–Kier alpha value is -1.30. The van der Waals surface area contributed by atoms with Gasteiger partial charge >= 0.3 is 0 Å². The summed E-state index contributed by atoms with van der Waals surface area (Å²) in [4.78, 5) is 13.1. The van der Waals surface area contributed by atoms with E-state index in [-0.39, 0.29) is 0 Å². The van der Waals surface area contributed by atoms with Crippen molar-refractivity contribution in [2.24, 2.45) is 0 Å². The quantitative estimate of drug-likeness (QED) is 0.751. The lowest BCUT2D eigenvalue weighted by Crippen LogP contribution is -2.38. The molecular formula is C14H18ClNO4. The van der Waals surface area contributed by atoms with E-state index in [0.717, 1.165) is 39.1 Å². The van der Waals surface area contributed by atoms with Crippen molar-refractivity contribution < 1.29 is 19.0 Å². The number of hydrogen-bond acceptors (Lipinski definition) is 5. The molecule has 0 N–H and O–H groups in total. The molecule has 0 saturated carbocycles. The lowest BCUT2D eigenvalue weighted by molar-refractivity contribution is 0.0321. The Balaban J connectivity index is 1.95. The van der Waals surface area contributed by atoms with Crippen LogP contribution < -0.4 is 9.47 Å². The first kappa shape index (κ1) is 15.1. The summed E-state index contributed by atoms with van der Waals surface area (Å²) in [6, 6.07) is 3.18. The first-order valence-electron chi connectivity index (χ1n) is 6.50. The molecule has 0 bridgehead atoms. The lowest BCUT2D eigenvalue weighted by atomic mass is 10.2. The van der Waals surface area contributed by atoms with Gasteiger partial charge in [-0.3, -0.25) is 9.69 Å². The van der Waals surface area contributed by atoms with E-state index in [1.54, 1.807) is 12.1 Å². The van der Waals surface area contributed by atoms with E-state index in [9.17, 15) is 4.79 Å². The predicted molar refractivity (Wildman–Crippen MR) is 76.1 cm³/mol. The molecule has 0 unspecified atom stereocenters. The zero-order valence-electron chi connectivity index (χ0n) is 11.4. The number of carbonyl (C=O) groups is 1. The van der Waals surface area contributed by atoms with E-state index in [1.165, 1.54) is 7.11 Å². The minimum Gasteiger partial charge on any atom is -0.493 e. The minimum atomic E-state index is 0.383. The standard InChI is InChI=1S/C14H18ClNO4/c1-18-13-9-11(10-17)8-12(15)14(13)20-7-4-16-2-5-19-6-3-16/h8-10H,2-7H2,1H3. The number of aldehydes is 1. The Bertz CT molecular complexity index is 461. The normalized spacial score (nSPS) is 15.9. The van der Waals surface area contributed by atoms with Gasteiger partial charge in [0.05, 0.1) is 25.3 Å². The van der Waals surface area contributed by atoms with Gasteiger partial charge in [0, 0.05) is 25.2 Å². The summed E-state index contributed by atoms with van der Waals surface area (Å²) in [6.45, 7) is 4.67. The molecular weight excluding hydrogens is 282 g/mol.